The predicted molar refractivity (Wildman–Crippen MR) is 59.2 cm³/mol. The number of hydrazone groups is 1. The van der Waals surface area contributed by atoms with Crippen molar-refractivity contribution >= 4 is 18.0 Å². The fraction of sp³-hybridized carbons (Fsp3) is 0.300. The number of nitrogens with two attached hydrogens (primary N) is 1. The van der Waals surface area contributed by atoms with Gasteiger partial charge in [0.05, 0.1) is 6.21 Å². The molecule has 0 fully saturated rings. The summed E-state index contributed by atoms with van der Waals surface area (Å²) in [6, 6.07) is 8.21. The maximum absolute atomic E-state index is 5.07. The quantitative estimate of drug-likeness (QED) is 0.346. The topological polar surface area (TPSA) is 38.4 Å². The van der Waals surface area contributed by atoms with Crippen LogP contribution in [0, 0.1) is 0 Å². The zero-order valence-corrected chi connectivity index (χ0v) is 8.55. The smallest absolute Gasteiger partial charge is 0.0538 e. The lowest BCUT2D eigenvalue weighted by Crippen LogP contribution is -1.86. The summed E-state index contributed by atoms with van der Waals surface area (Å²) in [4.78, 5) is 1.28. The number of benzene rings is 1. The summed E-state index contributed by atoms with van der Waals surface area (Å²) in [6.07, 6.45) is 2.86. The van der Waals surface area contributed by atoms with Gasteiger partial charge in [0.15, 0.2) is 0 Å². The molecule has 0 saturated carbocycles. The molecule has 0 unspecified atom stereocenters. The molecule has 3 heteroatoms. The molecule has 13 heavy (non-hydrogen) atoms. The van der Waals surface area contributed by atoms with Gasteiger partial charge in [0.25, 0.3) is 0 Å². The lowest BCUT2D eigenvalue weighted by Gasteiger charge is -1.99. The molecule has 2 nitrogen and oxygen atoms in total. The Hall–Kier alpha value is -0.960. The Morgan fingerprint density at radius 1 is 1.54 bits per heavy atom. The fourth-order valence-electron chi connectivity index (χ4n) is 0.991. The third-order valence-electron chi connectivity index (χ3n) is 1.55. The van der Waals surface area contributed by atoms with E-state index in [2.05, 4.69) is 24.2 Å². The summed E-state index contributed by atoms with van der Waals surface area (Å²) >= 11 is 1.86. The molecule has 0 saturated heterocycles. The molecule has 0 aliphatic heterocycles. The van der Waals surface area contributed by atoms with E-state index in [0.717, 1.165) is 11.3 Å². The van der Waals surface area contributed by atoms with Crippen molar-refractivity contribution in [3.05, 3.63) is 29.8 Å². The Labute approximate surface area is 83.2 Å². The normalized spacial score (nSPS) is 10.8. The van der Waals surface area contributed by atoms with Crippen molar-refractivity contribution in [2.45, 2.75) is 18.2 Å². The van der Waals surface area contributed by atoms with Gasteiger partial charge >= 0.3 is 0 Å². The number of rotatable bonds is 4. The van der Waals surface area contributed by atoms with Gasteiger partial charge in [-0.2, -0.15) is 5.10 Å². The van der Waals surface area contributed by atoms with E-state index in [0.29, 0.717) is 0 Å². The van der Waals surface area contributed by atoms with Crippen molar-refractivity contribution in [2.24, 2.45) is 10.9 Å². The van der Waals surface area contributed by atoms with Crippen molar-refractivity contribution in [3.8, 4) is 0 Å². The highest BCUT2D eigenvalue weighted by Gasteiger charge is 1.93. The van der Waals surface area contributed by atoms with Crippen LogP contribution in [0.3, 0.4) is 0 Å². The third-order valence-corrected chi connectivity index (χ3v) is 2.75. The Morgan fingerprint density at radius 3 is 3.08 bits per heavy atom. The summed E-state index contributed by atoms with van der Waals surface area (Å²) < 4.78 is 0. The zero-order valence-electron chi connectivity index (χ0n) is 7.73. The zero-order chi connectivity index (χ0) is 9.52. The average molecular weight is 194 g/mol. The number of hydrogen-bond donors (Lipinski definition) is 1. The Bertz CT molecular complexity index is 284. The molecule has 0 heterocycles. The molecule has 0 aliphatic rings. The minimum Gasteiger partial charge on any atom is -0.323 e. The lowest BCUT2D eigenvalue weighted by molar-refractivity contribution is 1.10. The van der Waals surface area contributed by atoms with Crippen LogP contribution in [0.25, 0.3) is 0 Å². The third kappa shape index (κ3) is 3.51. The van der Waals surface area contributed by atoms with E-state index >= 15 is 0 Å². The summed E-state index contributed by atoms with van der Waals surface area (Å²) in [5, 5.41) is 3.49. The molecule has 0 aromatic heterocycles. The van der Waals surface area contributed by atoms with Crippen LogP contribution in [0.15, 0.2) is 34.3 Å². The van der Waals surface area contributed by atoms with Crippen LogP contribution < -0.4 is 5.84 Å². The number of hydrogen-bond acceptors (Lipinski definition) is 3. The first-order chi connectivity index (χ1) is 6.36. The first-order valence-electron chi connectivity index (χ1n) is 4.33. The minimum atomic E-state index is 1.06. The van der Waals surface area contributed by atoms with Crippen molar-refractivity contribution in [2.75, 3.05) is 5.75 Å². The second kappa shape index (κ2) is 5.65. The molecule has 0 amide bonds. The van der Waals surface area contributed by atoms with Crippen LogP contribution in [0.5, 0.6) is 0 Å². The van der Waals surface area contributed by atoms with Crippen molar-refractivity contribution < 1.29 is 0 Å². The van der Waals surface area contributed by atoms with Gasteiger partial charge < -0.3 is 5.84 Å². The predicted octanol–water partition coefficient (Wildman–Crippen LogP) is 2.48. The number of nitrogens with zero attached hydrogens (tertiary/aromatic N) is 1. The first-order valence-corrected chi connectivity index (χ1v) is 5.31. The van der Waals surface area contributed by atoms with Gasteiger partial charge in [-0.1, -0.05) is 19.1 Å². The molecule has 0 spiro atoms. The van der Waals surface area contributed by atoms with Gasteiger partial charge in [0.1, 0.15) is 0 Å². The van der Waals surface area contributed by atoms with Crippen LogP contribution in [-0.2, 0) is 0 Å². The van der Waals surface area contributed by atoms with Crippen molar-refractivity contribution in [1.29, 1.82) is 0 Å². The largest absolute Gasteiger partial charge is 0.323 e. The second-order valence-electron chi connectivity index (χ2n) is 2.70. The maximum atomic E-state index is 5.07. The van der Waals surface area contributed by atoms with E-state index in [-0.39, 0.29) is 0 Å². The molecular weight excluding hydrogens is 180 g/mol. The van der Waals surface area contributed by atoms with Gasteiger partial charge in [-0.15, -0.1) is 11.8 Å². The fourth-order valence-corrected chi connectivity index (χ4v) is 1.82. The molecular formula is C10H14N2S. The van der Waals surface area contributed by atoms with Gasteiger partial charge in [0, 0.05) is 4.90 Å². The van der Waals surface area contributed by atoms with Crippen molar-refractivity contribution in [1.82, 2.24) is 0 Å². The standard InChI is InChI=1S/C10H14N2S/c1-2-6-13-10-5-3-4-9(7-10)8-12-11/h3-5,7-8H,2,6,11H2,1H3. The van der Waals surface area contributed by atoms with Crippen molar-refractivity contribution in [3.63, 3.8) is 0 Å². The van der Waals surface area contributed by atoms with Crippen LogP contribution in [0.4, 0.5) is 0 Å². The molecule has 0 aliphatic carbocycles. The highest BCUT2D eigenvalue weighted by atomic mass is 32.2. The van der Waals surface area contributed by atoms with E-state index in [1.165, 1.54) is 11.3 Å². The summed E-state index contributed by atoms with van der Waals surface area (Å²) in [6.45, 7) is 2.18. The van der Waals surface area contributed by atoms with Crippen LogP contribution in [-0.4, -0.2) is 12.0 Å². The highest BCUT2D eigenvalue weighted by molar-refractivity contribution is 7.99. The van der Waals surface area contributed by atoms with Crippen LogP contribution in [0.2, 0.25) is 0 Å². The second-order valence-corrected chi connectivity index (χ2v) is 3.87. The Morgan fingerprint density at radius 2 is 2.38 bits per heavy atom. The summed E-state index contributed by atoms with van der Waals surface area (Å²) in [5.74, 6) is 6.23. The summed E-state index contributed by atoms with van der Waals surface area (Å²) in [5.41, 5.74) is 1.06. The van der Waals surface area contributed by atoms with Gasteiger partial charge in [-0.3, -0.25) is 0 Å². The van der Waals surface area contributed by atoms with E-state index in [9.17, 15) is 0 Å². The SMILES string of the molecule is CCCSc1cccc(C=NN)c1. The monoisotopic (exact) mass is 194 g/mol. The Balaban J connectivity index is 2.67. The molecule has 70 valence electrons. The van der Waals surface area contributed by atoms with Crippen LogP contribution in [0.1, 0.15) is 18.9 Å². The Kier molecular flexibility index (Phi) is 4.40. The van der Waals surface area contributed by atoms with E-state index < -0.39 is 0 Å². The van der Waals surface area contributed by atoms with Gasteiger partial charge in [0.2, 0.25) is 0 Å². The number of thioether (sulfide) groups is 1. The molecule has 1 aromatic rings. The van der Waals surface area contributed by atoms with E-state index in [1.54, 1.807) is 6.21 Å². The maximum Gasteiger partial charge on any atom is 0.0538 e. The molecule has 2 N–H and O–H groups in total. The molecule has 1 rings (SSSR count). The van der Waals surface area contributed by atoms with Crippen LogP contribution >= 0.6 is 11.8 Å². The molecule has 0 bridgehead atoms. The first kappa shape index (κ1) is 10.1. The molecule has 0 radical (unpaired) electrons. The molecule has 1 aromatic carbocycles. The summed E-state index contributed by atoms with van der Waals surface area (Å²) in [7, 11) is 0. The average Bonchev–Trinajstić information content (AvgIpc) is 2.16. The minimum absolute atomic E-state index is 1.06. The van der Waals surface area contributed by atoms with Gasteiger partial charge in [-0.05, 0) is 29.9 Å². The lowest BCUT2D eigenvalue weighted by atomic mass is 10.2. The molecule has 0 atom stereocenters. The highest BCUT2D eigenvalue weighted by Crippen LogP contribution is 2.18. The van der Waals surface area contributed by atoms with Gasteiger partial charge in [-0.25, -0.2) is 0 Å². The van der Waals surface area contributed by atoms with E-state index in [1.807, 2.05) is 23.9 Å². The van der Waals surface area contributed by atoms with E-state index in [4.69, 9.17) is 5.84 Å².